The summed E-state index contributed by atoms with van der Waals surface area (Å²) in [6, 6.07) is 1.81. The van der Waals surface area contributed by atoms with Crippen LogP contribution in [0.15, 0.2) is 0 Å². The third kappa shape index (κ3) is 14.2. The summed E-state index contributed by atoms with van der Waals surface area (Å²) in [5, 5.41) is 0.255. The second-order valence-corrected chi connectivity index (χ2v) is 37.5. The molecule has 0 rings (SSSR count). The lowest BCUT2D eigenvalue weighted by atomic mass is 10.1. The maximum absolute atomic E-state index is 7.47. The van der Waals surface area contributed by atoms with E-state index in [2.05, 4.69) is 102 Å². The van der Waals surface area contributed by atoms with Crippen LogP contribution in [0.3, 0.4) is 0 Å². The van der Waals surface area contributed by atoms with Crippen LogP contribution < -0.4 is 0 Å². The maximum Gasteiger partial charge on any atom is 0.500 e. The summed E-state index contributed by atoms with van der Waals surface area (Å²) in [6.45, 7) is 43.2. The predicted octanol–water partition coefficient (Wildman–Crippen LogP) is 11.4. The van der Waals surface area contributed by atoms with Crippen molar-refractivity contribution in [2.45, 2.75) is 188 Å². The van der Waals surface area contributed by atoms with Crippen LogP contribution in [0.1, 0.15) is 122 Å². The number of hydrogen-bond donors (Lipinski definition) is 0. The molecule has 0 amide bonds. The molecule has 0 heterocycles. The van der Waals surface area contributed by atoms with Crippen molar-refractivity contribution in [3.05, 3.63) is 0 Å². The topological polar surface area (TPSA) is 55.4 Å². The molecule has 0 aromatic carbocycles. The van der Waals surface area contributed by atoms with Gasteiger partial charge in [0.1, 0.15) is 0 Å². The summed E-state index contributed by atoms with van der Waals surface area (Å²) in [7, 11) is -12.0. The molecule has 0 aromatic heterocycles. The fourth-order valence-electron chi connectivity index (χ4n) is 4.23. The lowest BCUT2D eigenvalue weighted by molar-refractivity contribution is 0.0706. The molecule has 0 spiro atoms. The first-order chi connectivity index (χ1) is 19.3. The predicted molar refractivity (Wildman–Crippen MR) is 199 cm³/mol. The van der Waals surface area contributed by atoms with E-state index in [9.17, 15) is 0 Å². The van der Waals surface area contributed by atoms with Crippen LogP contribution in [-0.4, -0.2) is 62.4 Å². The van der Waals surface area contributed by atoms with Gasteiger partial charge in [-0.15, -0.1) is 0 Å². The Morgan fingerprint density at radius 2 is 0.605 bits per heavy atom. The first-order valence-electron chi connectivity index (χ1n) is 17.3. The van der Waals surface area contributed by atoms with Gasteiger partial charge in [0.25, 0.3) is 0 Å². The summed E-state index contributed by atoms with van der Waals surface area (Å²) >= 11 is 0. The Balaban J connectivity index is 5.86. The standard InChI is InChI=1S/C32H76O6Si5/c1-19-33-42(34-20-2,35-21-3)28-26-24-22-23-25-27-29-43(36-39(13,14)30(4,5)6,37-40(15,16)31(7,8)9)38-41(17,18)32(10,11)12/h19-29H2,1-18H3. The Morgan fingerprint density at radius 3 is 0.837 bits per heavy atom. The van der Waals surface area contributed by atoms with E-state index in [1.165, 1.54) is 25.7 Å². The second-order valence-electron chi connectivity index (χ2n) is 16.9. The summed E-state index contributed by atoms with van der Waals surface area (Å²) in [5.41, 5.74) is 0. The van der Waals surface area contributed by atoms with Crippen molar-refractivity contribution in [3.63, 3.8) is 0 Å². The summed E-state index contributed by atoms with van der Waals surface area (Å²) in [6.07, 6.45) is 6.92. The molecule has 0 unspecified atom stereocenters. The van der Waals surface area contributed by atoms with Crippen molar-refractivity contribution in [1.82, 2.24) is 0 Å². The molecular formula is C32H76O6Si5. The Morgan fingerprint density at radius 1 is 0.372 bits per heavy atom. The van der Waals surface area contributed by atoms with Gasteiger partial charge in [-0.3, -0.25) is 0 Å². The van der Waals surface area contributed by atoms with Gasteiger partial charge in [-0.05, 0) is 88.0 Å². The summed E-state index contributed by atoms with van der Waals surface area (Å²) < 4.78 is 40.6. The van der Waals surface area contributed by atoms with E-state index in [0.717, 1.165) is 24.9 Å². The van der Waals surface area contributed by atoms with Crippen molar-refractivity contribution in [1.29, 1.82) is 0 Å². The maximum atomic E-state index is 7.47. The fourth-order valence-corrected chi connectivity index (χ4v) is 23.5. The number of rotatable bonds is 21. The molecule has 0 bridgehead atoms. The highest BCUT2D eigenvalue weighted by molar-refractivity contribution is 6.92. The first kappa shape index (κ1) is 43.8. The molecule has 0 aromatic rings. The normalized spacial score (nSPS) is 14.9. The Bertz CT molecular complexity index is 698. The number of unbranched alkanes of at least 4 members (excludes halogenated alkanes) is 5. The van der Waals surface area contributed by atoms with Gasteiger partial charge in [0.2, 0.25) is 0 Å². The lowest BCUT2D eigenvalue weighted by Gasteiger charge is -2.52. The van der Waals surface area contributed by atoms with Gasteiger partial charge in [-0.1, -0.05) is 88.0 Å². The zero-order valence-corrected chi connectivity index (χ0v) is 37.2. The first-order valence-corrected chi connectivity index (χ1v) is 29.9. The molecule has 0 radical (unpaired) electrons. The SMILES string of the molecule is CCO[Si](CCCCCCCC[Si](O[Si](C)(C)C(C)(C)C)(O[Si](C)(C)C(C)(C)C)O[Si](C)(C)C(C)(C)C)(OCC)OCC. The zero-order valence-electron chi connectivity index (χ0n) is 32.2. The highest BCUT2D eigenvalue weighted by Gasteiger charge is 2.57. The van der Waals surface area contributed by atoms with Crippen molar-refractivity contribution < 1.29 is 25.6 Å². The zero-order chi connectivity index (χ0) is 34.0. The van der Waals surface area contributed by atoms with Gasteiger partial charge < -0.3 is 25.6 Å². The van der Waals surface area contributed by atoms with Crippen molar-refractivity contribution in [2.24, 2.45) is 0 Å². The highest BCUT2D eigenvalue weighted by atomic mass is 28.5. The molecule has 260 valence electrons. The average Bonchev–Trinajstić information content (AvgIpc) is 2.78. The molecule has 0 aliphatic rings. The summed E-state index contributed by atoms with van der Waals surface area (Å²) in [5.74, 6) is 0. The van der Waals surface area contributed by atoms with E-state index in [0.29, 0.717) is 19.8 Å². The molecule has 0 aliphatic carbocycles. The van der Waals surface area contributed by atoms with Crippen molar-refractivity contribution in [3.8, 4) is 0 Å². The Hall–Kier alpha value is 0.844. The van der Waals surface area contributed by atoms with Gasteiger partial charge in [0.05, 0.1) is 0 Å². The van der Waals surface area contributed by atoms with E-state index < -0.39 is 42.6 Å². The summed E-state index contributed by atoms with van der Waals surface area (Å²) in [4.78, 5) is 0. The third-order valence-corrected chi connectivity index (χ3v) is 34.8. The second kappa shape index (κ2) is 17.3. The average molecular weight is 697 g/mol. The van der Waals surface area contributed by atoms with Crippen LogP contribution in [0, 0.1) is 0 Å². The minimum atomic E-state index is -3.02. The molecular weight excluding hydrogens is 621 g/mol. The molecule has 11 heteroatoms. The molecule has 0 aliphatic heterocycles. The molecule has 6 nitrogen and oxygen atoms in total. The van der Waals surface area contributed by atoms with E-state index in [1.807, 2.05) is 20.8 Å². The third-order valence-electron chi connectivity index (χ3n) is 9.96. The fraction of sp³-hybridized carbons (Fsp3) is 1.00. The van der Waals surface area contributed by atoms with Gasteiger partial charge in [-0.25, -0.2) is 0 Å². The van der Waals surface area contributed by atoms with Crippen LogP contribution in [0.5, 0.6) is 0 Å². The van der Waals surface area contributed by atoms with Crippen LogP contribution in [0.2, 0.25) is 66.5 Å². The van der Waals surface area contributed by atoms with E-state index in [-0.39, 0.29) is 15.1 Å². The quantitative estimate of drug-likeness (QED) is 0.0879. The molecule has 0 saturated carbocycles. The minimum absolute atomic E-state index is 0.0852. The lowest BCUT2D eigenvalue weighted by Crippen LogP contribution is -2.65. The van der Waals surface area contributed by atoms with Gasteiger partial charge >= 0.3 is 17.6 Å². The monoisotopic (exact) mass is 696 g/mol. The van der Waals surface area contributed by atoms with E-state index in [1.54, 1.807) is 0 Å². The van der Waals surface area contributed by atoms with E-state index >= 15 is 0 Å². The molecule has 43 heavy (non-hydrogen) atoms. The molecule has 0 fully saturated rings. The van der Waals surface area contributed by atoms with Crippen LogP contribution >= 0.6 is 0 Å². The van der Waals surface area contributed by atoms with Crippen molar-refractivity contribution in [2.75, 3.05) is 19.8 Å². The minimum Gasteiger partial charge on any atom is -0.416 e. The molecule has 0 N–H and O–H groups in total. The molecule has 0 atom stereocenters. The van der Waals surface area contributed by atoms with Gasteiger partial charge in [0, 0.05) is 31.9 Å². The van der Waals surface area contributed by atoms with E-state index in [4.69, 9.17) is 25.6 Å². The highest BCUT2D eigenvalue weighted by Crippen LogP contribution is 2.47. The number of hydrogen-bond acceptors (Lipinski definition) is 6. The molecule has 0 saturated heterocycles. The largest absolute Gasteiger partial charge is 0.500 e. The van der Waals surface area contributed by atoms with Gasteiger partial charge in [-0.2, -0.15) is 0 Å². The van der Waals surface area contributed by atoms with Crippen LogP contribution in [0.4, 0.5) is 0 Å². The smallest absolute Gasteiger partial charge is 0.416 e. The van der Waals surface area contributed by atoms with Gasteiger partial charge in [0.15, 0.2) is 25.0 Å². The van der Waals surface area contributed by atoms with Crippen LogP contribution in [0.25, 0.3) is 0 Å². The van der Waals surface area contributed by atoms with Crippen LogP contribution in [-0.2, 0) is 25.6 Å². The Labute approximate surface area is 275 Å². The Kier molecular flexibility index (Phi) is 17.6. The van der Waals surface area contributed by atoms with Crippen molar-refractivity contribution >= 4 is 42.6 Å².